The second-order valence-electron chi connectivity index (χ2n) is 6.60. The minimum Gasteiger partial charge on any atom is -0.494 e. The van der Waals surface area contributed by atoms with Crippen LogP contribution < -0.4 is 4.74 Å². The largest absolute Gasteiger partial charge is 0.494 e. The Balaban J connectivity index is 1.86. The topological polar surface area (TPSA) is 66.9 Å². The molecule has 0 spiro atoms. The maximum absolute atomic E-state index is 13.8. The first-order chi connectivity index (χ1) is 13.6. The summed E-state index contributed by atoms with van der Waals surface area (Å²) in [5.74, 6) is -1.07. The Hall–Kier alpha value is -2.52. The summed E-state index contributed by atoms with van der Waals surface area (Å²) in [5.41, 5.74) is 0.621. The lowest BCUT2D eigenvalue weighted by molar-refractivity contribution is -0.130. The molecule has 0 fully saturated rings. The second kappa shape index (κ2) is 9.80. The van der Waals surface area contributed by atoms with Gasteiger partial charge >= 0.3 is 0 Å². The zero-order valence-electron chi connectivity index (χ0n) is 16.6. The van der Waals surface area contributed by atoms with Crippen molar-refractivity contribution < 1.29 is 26.7 Å². The number of benzene rings is 2. The zero-order valence-corrected chi connectivity index (χ0v) is 17.4. The minimum atomic E-state index is -3.75. The summed E-state index contributed by atoms with van der Waals surface area (Å²) in [6.45, 7) is 0.361. The number of rotatable bonds is 9. The maximum Gasteiger partial charge on any atom is 0.242 e. The fourth-order valence-corrected chi connectivity index (χ4v) is 3.93. The number of nitrogens with zero attached hydrogens (tertiary/aromatic N) is 2. The van der Waals surface area contributed by atoms with Crippen LogP contribution in [0.25, 0.3) is 0 Å². The standard InChI is InChI=1S/C20H24F2N2O4S/c1-23(14-15-6-11-19(28-3)18(22)13-15)20(25)5-4-12-24(2)29(26,27)17-9-7-16(21)8-10-17/h6-11,13H,4-5,12,14H2,1-3H3. The number of ether oxygens (including phenoxy) is 1. The first kappa shape index (κ1) is 22.8. The molecule has 0 saturated heterocycles. The van der Waals surface area contributed by atoms with E-state index in [4.69, 9.17) is 4.74 Å². The number of methoxy groups -OCH3 is 1. The smallest absolute Gasteiger partial charge is 0.242 e. The number of amides is 1. The third kappa shape index (κ3) is 5.98. The fourth-order valence-electron chi connectivity index (χ4n) is 2.72. The van der Waals surface area contributed by atoms with Crippen molar-refractivity contribution in [1.82, 2.24) is 9.21 Å². The lowest BCUT2D eigenvalue weighted by atomic mass is 10.2. The van der Waals surface area contributed by atoms with Gasteiger partial charge in [-0.05, 0) is 48.4 Å². The summed E-state index contributed by atoms with van der Waals surface area (Å²) in [7, 11) is 0.641. The highest BCUT2D eigenvalue weighted by molar-refractivity contribution is 7.89. The predicted octanol–water partition coefficient (Wildman–Crippen LogP) is 3.03. The van der Waals surface area contributed by atoms with Crippen molar-refractivity contribution in [3.05, 3.63) is 59.7 Å². The van der Waals surface area contributed by atoms with Crippen LogP contribution in [0.15, 0.2) is 47.4 Å². The average Bonchev–Trinajstić information content (AvgIpc) is 2.68. The van der Waals surface area contributed by atoms with Gasteiger partial charge in [0.2, 0.25) is 15.9 Å². The van der Waals surface area contributed by atoms with E-state index in [2.05, 4.69) is 0 Å². The van der Waals surface area contributed by atoms with Crippen LogP contribution >= 0.6 is 0 Å². The molecule has 0 heterocycles. The monoisotopic (exact) mass is 426 g/mol. The molecule has 0 aliphatic heterocycles. The minimum absolute atomic E-state index is 0.00798. The number of carbonyl (C=O) groups is 1. The Labute approximate surface area is 169 Å². The molecule has 29 heavy (non-hydrogen) atoms. The van der Waals surface area contributed by atoms with E-state index in [0.29, 0.717) is 12.0 Å². The molecular formula is C20H24F2N2O4S. The molecule has 2 rings (SSSR count). The van der Waals surface area contributed by atoms with Gasteiger partial charge in [-0.1, -0.05) is 6.07 Å². The second-order valence-corrected chi connectivity index (χ2v) is 8.65. The summed E-state index contributed by atoms with van der Waals surface area (Å²) in [6, 6.07) is 9.06. The number of sulfonamides is 1. The van der Waals surface area contributed by atoms with E-state index in [1.807, 2.05) is 0 Å². The lowest BCUT2D eigenvalue weighted by Gasteiger charge is -2.20. The van der Waals surface area contributed by atoms with Crippen molar-refractivity contribution >= 4 is 15.9 Å². The molecule has 0 radical (unpaired) electrons. The van der Waals surface area contributed by atoms with Gasteiger partial charge in [0, 0.05) is 33.6 Å². The Bertz CT molecular complexity index is 949. The van der Waals surface area contributed by atoms with Crippen LogP contribution in [-0.2, 0) is 21.4 Å². The van der Waals surface area contributed by atoms with E-state index in [9.17, 15) is 22.0 Å². The molecule has 158 valence electrons. The third-order valence-corrected chi connectivity index (χ3v) is 6.32. The van der Waals surface area contributed by atoms with Gasteiger partial charge in [0.05, 0.1) is 12.0 Å². The molecule has 0 N–H and O–H groups in total. The average molecular weight is 426 g/mol. The van der Waals surface area contributed by atoms with E-state index in [1.165, 1.54) is 43.3 Å². The Morgan fingerprint density at radius 3 is 2.31 bits per heavy atom. The Kier molecular flexibility index (Phi) is 7.69. The quantitative estimate of drug-likeness (QED) is 0.618. The van der Waals surface area contributed by atoms with Crippen LogP contribution in [0.3, 0.4) is 0 Å². The van der Waals surface area contributed by atoms with Gasteiger partial charge in [-0.15, -0.1) is 0 Å². The molecule has 6 nitrogen and oxygen atoms in total. The van der Waals surface area contributed by atoms with E-state index >= 15 is 0 Å². The fraction of sp³-hybridized carbons (Fsp3) is 0.350. The molecule has 2 aromatic rings. The van der Waals surface area contributed by atoms with Crippen molar-refractivity contribution in [3.8, 4) is 5.75 Å². The summed E-state index contributed by atoms with van der Waals surface area (Å²) >= 11 is 0. The van der Waals surface area contributed by atoms with Crippen molar-refractivity contribution in [2.24, 2.45) is 0 Å². The van der Waals surface area contributed by atoms with E-state index in [0.717, 1.165) is 16.4 Å². The van der Waals surface area contributed by atoms with Gasteiger partial charge < -0.3 is 9.64 Å². The van der Waals surface area contributed by atoms with Crippen LogP contribution in [0, 0.1) is 11.6 Å². The number of hydrogen-bond acceptors (Lipinski definition) is 4. The lowest BCUT2D eigenvalue weighted by Crippen LogP contribution is -2.30. The SMILES string of the molecule is COc1ccc(CN(C)C(=O)CCCN(C)S(=O)(=O)c2ccc(F)cc2)cc1F. The van der Waals surface area contributed by atoms with Crippen LogP contribution in [0.5, 0.6) is 5.75 Å². The van der Waals surface area contributed by atoms with Crippen molar-refractivity contribution in [2.75, 3.05) is 27.7 Å². The molecule has 2 aromatic carbocycles. The maximum atomic E-state index is 13.8. The summed E-state index contributed by atoms with van der Waals surface area (Å²) in [6.07, 6.45) is 0.454. The van der Waals surface area contributed by atoms with Crippen LogP contribution in [-0.4, -0.2) is 51.3 Å². The van der Waals surface area contributed by atoms with Crippen molar-refractivity contribution in [3.63, 3.8) is 0 Å². The molecule has 1 amide bonds. The molecular weight excluding hydrogens is 402 g/mol. The van der Waals surface area contributed by atoms with E-state index in [1.54, 1.807) is 13.1 Å². The Morgan fingerprint density at radius 2 is 1.72 bits per heavy atom. The van der Waals surface area contributed by atoms with Gasteiger partial charge in [0.15, 0.2) is 11.6 Å². The van der Waals surface area contributed by atoms with Crippen molar-refractivity contribution in [2.45, 2.75) is 24.3 Å². The van der Waals surface area contributed by atoms with Gasteiger partial charge in [-0.2, -0.15) is 0 Å². The summed E-state index contributed by atoms with van der Waals surface area (Å²) in [4.78, 5) is 13.7. The number of hydrogen-bond donors (Lipinski definition) is 0. The number of halogens is 2. The van der Waals surface area contributed by atoms with Crippen LogP contribution in [0.1, 0.15) is 18.4 Å². The normalized spacial score (nSPS) is 11.5. The first-order valence-electron chi connectivity index (χ1n) is 8.93. The summed E-state index contributed by atoms with van der Waals surface area (Å²) < 4.78 is 57.6. The third-order valence-electron chi connectivity index (χ3n) is 4.45. The predicted molar refractivity (Wildman–Crippen MR) is 105 cm³/mol. The first-order valence-corrected chi connectivity index (χ1v) is 10.4. The molecule has 0 aromatic heterocycles. The molecule has 0 atom stereocenters. The highest BCUT2D eigenvalue weighted by Gasteiger charge is 2.21. The van der Waals surface area contributed by atoms with Crippen LogP contribution in [0.2, 0.25) is 0 Å². The van der Waals surface area contributed by atoms with E-state index in [-0.39, 0.29) is 36.1 Å². The highest BCUT2D eigenvalue weighted by atomic mass is 32.2. The van der Waals surface area contributed by atoms with Gasteiger partial charge in [0.25, 0.3) is 0 Å². The van der Waals surface area contributed by atoms with E-state index < -0.39 is 21.7 Å². The number of carbonyl (C=O) groups excluding carboxylic acids is 1. The molecule has 0 saturated carbocycles. The van der Waals surface area contributed by atoms with Gasteiger partial charge in [-0.25, -0.2) is 21.5 Å². The van der Waals surface area contributed by atoms with Crippen molar-refractivity contribution in [1.29, 1.82) is 0 Å². The molecule has 0 aliphatic rings. The highest BCUT2D eigenvalue weighted by Crippen LogP contribution is 2.19. The zero-order chi connectivity index (χ0) is 21.6. The van der Waals surface area contributed by atoms with Gasteiger partial charge in [-0.3, -0.25) is 4.79 Å². The molecule has 0 bridgehead atoms. The molecule has 9 heteroatoms. The summed E-state index contributed by atoms with van der Waals surface area (Å²) in [5, 5.41) is 0. The molecule has 0 unspecified atom stereocenters. The van der Waals surface area contributed by atoms with Gasteiger partial charge in [0.1, 0.15) is 5.82 Å². The Morgan fingerprint density at radius 1 is 1.07 bits per heavy atom. The van der Waals surface area contributed by atoms with Crippen LogP contribution in [0.4, 0.5) is 8.78 Å². The molecule has 0 aliphatic carbocycles.